The number of rotatable bonds is 8. The summed E-state index contributed by atoms with van der Waals surface area (Å²) in [6.07, 6.45) is 2.70. The number of aromatic hydroxyl groups is 2. The Hall–Kier alpha value is -5.84. The number of hydrogen-bond donors (Lipinski definition) is 3. The number of amides is 4. The Morgan fingerprint density at radius 2 is 1.60 bits per heavy atom. The first-order valence-electron chi connectivity index (χ1n) is 18.8. The quantitative estimate of drug-likeness (QED) is 0.107. The zero-order valence-electron chi connectivity index (χ0n) is 30.7. The molecule has 5 aromatic carbocycles. The van der Waals surface area contributed by atoms with Gasteiger partial charge in [-0.05, 0) is 84.2 Å². The van der Waals surface area contributed by atoms with Crippen LogP contribution in [0.15, 0.2) is 115 Å². The second-order valence-corrected chi connectivity index (χ2v) is 16.0. The smallest absolute Gasteiger partial charge is 0.260 e. The molecule has 10 nitrogen and oxygen atoms in total. The highest BCUT2D eigenvalue weighted by atomic mass is 35.5. The highest BCUT2D eigenvalue weighted by Gasteiger charge is 2.70. The van der Waals surface area contributed by atoms with Crippen LogP contribution in [0.4, 0.5) is 5.69 Å². The molecule has 0 bridgehead atoms. The molecule has 0 unspecified atom stereocenters. The molecule has 2 aliphatic heterocycles. The second-order valence-electron chi connectivity index (χ2n) is 15.2. The summed E-state index contributed by atoms with van der Waals surface area (Å²) in [5, 5.41) is 24.9. The molecule has 1 saturated carbocycles. The van der Waals surface area contributed by atoms with Gasteiger partial charge >= 0.3 is 0 Å². The van der Waals surface area contributed by atoms with E-state index < -0.39 is 46.8 Å². The number of hydrazine groups is 1. The minimum atomic E-state index is -1.62. The van der Waals surface area contributed by atoms with Gasteiger partial charge in [-0.3, -0.25) is 29.5 Å². The Balaban J connectivity index is 1.22. The summed E-state index contributed by atoms with van der Waals surface area (Å²) in [5.74, 6) is -5.07. The molecule has 5 aromatic rings. The maximum absolute atomic E-state index is 15.6. The lowest BCUT2D eigenvalue weighted by atomic mass is 9.49. The lowest BCUT2D eigenvalue weighted by molar-refractivity contribution is -0.141. The lowest BCUT2D eigenvalue weighted by Crippen LogP contribution is -2.53. The summed E-state index contributed by atoms with van der Waals surface area (Å²) in [5.41, 5.74) is 4.22. The van der Waals surface area contributed by atoms with Crippen molar-refractivity contribution < 1.29 is 34.1 Å². The van der Waals surface area contributed by atoms with Crippen molar-refractivity contribution in [2.75, 3.05) is 19.1 Å². The standard InChI is InChI=1S/C45H37Cl2N3O7/c1-57-29-14-9-26(10-15-29)45-35(42(54)50(44(45)56)48-37-19-11-27(46)22-36(37)47)23-34-31(39(45)33-16-8-25-4-2-3-5-30(25)40(33)52)17-18-32-38(34)43(55)49(41(32)53)21-20-24-6-12-28(51)13-7-24/h2-17,19,22,32,34-35,38-39,48,51-52H,18,20-21,23H2,1H3/t32-,34+,35-,38-,39+,45+/m0/s1. The minimum absolute atomic E-state index is 0.0369. The Bertz CT molecular complexity index is 2520. The van der Waals surface area contributed by atoms with Crippen LogP contribution in [0.25, 0.3) is 10.8 Å². The molecule has 9 rings (SSSR count). The van der Waals surface area contributed by atoms with E-state index in [9.17, 15) is 19.8 Å². The molecule has 12 heteroatoms. The van der Waals surface area contributed by atoms with Crippen molar-refractivity contribution in [3.8, 4) is 17.2 Å². The van der Waals surface area contributed by atoms with Gasteiger partial charge in [-0.1, -0.05) is 95.5 Å². The van der Waals surface area contributed by atoms with E-state index in [1.807, 2.05) is 30.3 Å². The number of likely N-dealkylation sites (tertiary alicyclic amines) is 1. The van der Waals surface area contributed by atoms with Crippen molar-refractivity contribution >= 4 is 63.3 Å². The molecular weight excluding hydrogens is 765 g/mol. The van der Waals surface area contributed by atoms with Crippen LogP contribution in [0.2, 0.25) is 10.0 Å². The van der Waals surface area contributed by atoms with E-state index in [1.54, 1.807) is 79.9 Å². The summed E-state index contributed by atoms with van der Waals surface area (Å²) >= 11 is 12.8. The summed E-state index contributed by atoms with van der Waals surface area (Å²) in [6, 6.07) is 29.5. The first-order valence-corrected chi connectivity index (χ1v) is 19.6. The van der Waals surface area contributed by atoms with Crippen LogP contribution in [0, 0.1) is 23.7 Å². The van der Waals surface area contributed by atoms with E-state index in [0.717, 1.165) is 21.5 Å². The summed E-state index contributed by atoms with van der Waals surface area (Å²) in [7, 11) is 1.54. The molecule has 2 aliphatic carbocycles. The second kappa shape index (κ2) is 14.0. The average molecular weight is 803 g/mol. The number of imide groups is 2. The van der Waals surface area contributed by atoms with E-state index in [-0.39, 0.29) is 53.4 Å². The van der Waals surface area contributed by atoms with Crippen molar-refractivity contribution in [3.05, 3.63) is 142 Å². The van der Waals surface area contributed by atoms with Crippen LogP contribution in [0.5, 0.6) is 17.2 Å². The third kappa shape index (κ3) is 5.68. The Morgan fingerprint density at radius 1 is 0.842 bits per heavy atom. The number of carbonyl (C=O) groups is 4. The van der Waals surface area contributed by atoms with Crippen LogP contribution in [-0.4, -0.2) is 57.4 Å². The van der Waals surface area contributed by atoms with Crippen molar-refractivity contribution in [2.24, 2.45) is 23.7 Å². The molecule has 0 aromatic heterocycles. The topological polar surface area (TPSA) is 136 Å². The van der Waals surface area contributed by atoms with Gasteiger partial charge < -0.3 is 14.9 Å². The molecule has 2 saturated heterocycles. The van der Waals surface area contributed by atoms with Gasteiger partial charge in [-0.25, -0.2) is 0 Å². The maximum atomic E-state index is 15.6. The zero-order chi connectivity index (χ0) is 39.7. The highest BCUT2D eigenvalue weighted by Crippen LogP contribution is 2.65. The molecule has 2 heterocycles. The van der Waals surface area contributed by atoms with Gasteiger partial charge in [0.25, 0.3) is 11.8 Å². The molecule has 3 N–H and O–H groups in total. The maximum Gasteiger partial charge on any atom is 0.260 e. The van der Waals surface area contributed by atoms with E-state index in [2.05, 4.69) is 5.43 Å². The third-order valence-electron chi connectivity index (χ3n) is 12.5. The Labute approximate surface area is 338 Å². The summed E-state index contributed by atoms with van der Waals surface area (Å²) in [6.45, 7) is 0.155. The monoisotopic (exact) mass is 801 g/mol. The van der Waals surface area contributed by atoms with E-state index in [0.29, 0.717) is 33.7 Å². The van der Waals surface area contributed by atoms with Gasteiger partial charge in [-0.15, -0.1) is 0 Å². The van der Waals surface area contributed by atoms with Gasteiger partial charge in [0.1, 0.15) is 17.2 Å². The molecule has 4 aliphatic rings. The summed E-state index contributed by atoms with van der Waals surface area (Å²) < 4.78 is 5.50. The fourth-order valence-corrected chi connectivity index (χ4v) is 10.3. The number of ether oxygens (including phenoxy) is 1. The van der Waals surface area contributed by atoms with Gasteiger partial charge in [0.15, 0.2) is 0 Å². The Morgan fingerprint density at radius 3 is 2.33 bits per heavy atom. The Kier molecular flexibility index (Phi) is 9.01. The number of carbonyl (C=O) groups excluding carboxylic acids is 4. The van der Waals surface area contributed by atoms with Gasteiger partial charge in [0.2, 0.25) is 11.8 Å². The number of nitrogens with zero attached hydrogens (tertiary/aromatic N) is 2. The van der Waals surface area contributed by atoms with Gasteiger partial charge in [0, 0.05) is 28.4 Å². The van der Waals surface area contributed by atoms with Crippen LogP contribution in [0.1, 0.15) is 35.4 Å². The number of methoxy groups -OCH3 is 1. The van der Waals surface area contributed by atoms with E-state index in [1.165, 1.54) is 11.0 Å². The summed E-state index contributed by atoms with van der Waals surface area (Å²) in [4.78, 5) is 60.6. The average Bonchev–Trinajstić information content (AvgIpc) is 3.59. The molecule has 4 amide bonds. The number of fused-ring (bicyclic) bond motifs is 5. The van der Waals surface area contributed by atoms with E-state index in [4.69, 9.17) is 27.9 Å². The molecule has 3 fully saturated rings. The van der Waals surface area contributed by atoms with Crippen LogP contribution < -0.4 is 10.2 Å². The lowest BCUT2D eigenvalue weighted by Gasteiger charge is -2.50. The number of hydrogen-bond acceptors (Lipinski definition) is 8. The molecular formula is C45H37Cl2N3O7. The molecule has 0 radical (unpaired) electrons. The first kappa shape index (κ1) is 36.8. The number of allylic oxidation sites excluding steroid dienone is 2. The first-order chi connectivity index (χ1) is 27.5. The molecule has 0 spiro atoms. The number of phenolic OH excluding ortho intramolecular Hbond substituents is 2. The molecule has 288 valence electrons. The van der Waals surface area contributed by atoms with Gasteiger partial charge in [-0.2, -0.15) is 5.01 Å². The van der Waals surface area contributed by atoms with Crippen LogP contribution >= 0.6 is 23.2 Å². The van der Waals surface area contributed by atoms with Gasteiger partial charge in [0.05, 0.1) is 41.0 Å². The number of halogens is 2. The van der Waals surface area contributed by atoms with Crippen LogP contribution in [0.3, 0.4) is 0 Å². The predicted octanol–water partition coefficient (Wildman–Crippen LogP) is 7.79. The SMILES string of the molecule is COc1ccc([C@@]23C(=O)N(Nc4ccc(Cl)cc4Cl)C(=O)[C@@H]2C[C@@H]2C(=CC[C@@H]4C(=O)N(CCc5ccc(O)cc5)C(=O)[C@@H]42)[C@@H]3c2ccc3ccccc3c2O)cc1. The number of benzene rings is 5. The third-order valence-corrected chi connectivity index (χ3v) is 13.0. The highest BCUT2D eigenvalue weighted by molar-refractivity contribution is 6.36. The van der Waals surface area contributed by atoms with Crippen molar-refractivity contribution in [2.45, 2.75) is 30.6 Å². The minimum Gasteiger partial charge on any atom is -0.508 e. The number of phenols is 2. The van der Waals surface area contributed by atoms with Crippen LogP contribution in [-0.2, 0) is 31.0 Å². The predicted molar refractivity (Wildman–Crippen MR) is 215 cm³/mol. The fourth-order valence-electron chi connectivity index (χ4n) is 9.88. The number of anilines is 1. The molecule has 57 heavy (non-hydrogen) atoms. The van der Waals surface area contributed by atoms with Crippen molar-refractivity contribution in [1.29, 1.82) is 0 Å². The number of nitrogens with one attached hydrogen (secondary N) is 1. The van der Waals surface area contributed by atoms with E-state index >= 15 is 9.59 Å². The molecule has 6 atom stereocenters. The zero-order valence-corrected chi connectivity index (χ0v) is 32.2. The normalized spacial score (nSPS) is 25.3. The largest absolute Gasteiger partial charge is 0.508 e. The van der Waals surface area contributed by atoms with Crippen molar-refractivity contribution in [3.63, 3.8) is 0 Å². The fraction of sp³-hybridized carbons (Fsp3) is 0.244. The van der Waals surface area contributed by atoms with Crippen molar-refractivity contribution in [1.82, 2.24) is 9.91 Å².